The van der Waals surface area contributed by atoms with E-state index in [1.165, 1.54) is 10.9 Å². The van der Waals surface area contributed by atoms with Crippen LogP contribution in [0, 0.1) is 0 Å². The number of ether oxygens (including phenoxy) is 2. The third-order valence-corrected chi connectivity index (χ3v) is 6.12. The third-order valence-electron chi connectivity index (χ3n) is 6.12. The van der Waals surface area contributed by atoms with Crippen molar-refractivity contribution in [3.8, 4) is 17.2 Å². The first-order valence-corrected chi connectivity index (χ1v) is 11.1. The lowest BCUT2D eigenvalue weighted by Gasteiger charge is -2.12. The standard InChI is InChI=1S/C27H21N5O3/c1-34-21-13-7-3-9-17(21)15-31-25-23(24-26(31)30-19-11-5-4-10-18(19)29-24)27(33)32(16-28-25)20-12-6-8-14-22(20)35-2/h3-14,16H,15H2,1-2H3. The number of rotatable bonds is 5. The van der Waals surface area contributed by atoms with Gasteiger partial charge in [-0.1, -0.05) is 42.5 Å². The molecule has 0 fully saturated rings. The minimum atomic E-state index is -0.243. The first kappa shape index (κ1) is 20.9. The normalized spacial score (nSPS) is 11.4. The van der Waals surface area contributed by atoms with Gasteiger partial charge in [0, 0.05) is 5.56 Å². The molecule has 0 N–H and O–H groups in total. The molecule has 6 rings (SSSR count). The second kappa shape index (κ2) is 8.25. The highest BCUT2D eigenvalue weighted by Gasteiger charge is 2.21. The van der Waals surface area contributed by atoms with Crippen LogP contribution in [0.2, 0.25) is 0 Å². The van der Waals surface area contributed by atoms with Crippen LogP contribution in [0.3, 0.4) is 0 Å². The van der Waals surface area contributed by atoms with Crippen molar-refractivity contribution in [2.24, 2.45) is 0 Å². The Morgan fingerprint density at radius 2 is 1.43 bits per heavy atom. The van der Waals surface area contributed by atoms with Gasteiger partial charge in [0.15, 0.2) is 11.3 Å². The SMILES string of the molecule is COc1ccccc1Cn1c2nc3ccccc3nc2c2c(=O)n(-c3ccccc3OC)cnc21. The maximum absolute atomic E-state index is 13.9. The van der Waals surface area contributed by atoms with Crippen molar-refractivity contribution < 1.29 is 9.47 Å². The Kier molecular flexibility index (Phi) is 4.92. The molecule has 0 radical (unpaired) electrons. The molecule has 0 saturated carbocycles. The summed E-state index contributed by atoms with van der Waals surface area (Å²) in [6.07, 6.45) is 1.53. The lowest BCUT2D eigenvalue weighted by molar-refractivity contribution is 0.409. The quantitative estimate of drug-likeness (QED) is 0.378. The van der Waals surface area contributed by atoms with Gasteiger partial charge in [-0.25, -0.2) is 15.0 Å². The minimum absolute atomic E-state index is 0.243. The van der Waals surface area contributed by atoms with Crippen molar-refractivity contribution in [3.05, 3.63) is 95.0 Å². The largest absolute Gasteiger partial charge is 0.496 e. The van der Waals surface area contributed by atoms with E-state index >= 15 is 0 Å². The number of benzene rings is 3. The van der Waals surface area contributed by atoms with Crippen LogP contribution in [0.15, 0.2) is 83.9 Å². The molecule has 8 nitrogen and oxygen atoms in total. The van der Waals surface area contributed by atoms with E-state index in [1.807, 2.05) is 77.4 Å². The lowest BCUT2D eigenvalue weighted by atomic mass is 10.2. The van der Waals surface area contributed by atoms with Gasteiger partial charge in [0.05, 0.1) is 37.5 Å². The van der Waals surface area contributed by atoms with Crippen molar-refractivity contribution in [3.63, 3.8) is 0 Å². The molecule has 6 aromatic rings. The van der Waals surface area contributed by atoms with E-state index in [4.69, 9.17) is 24.4 Å². The van der Waals surface area contributed by atoms with E-state index in [9.17, 15) is 4.79 Å². The molecule has 0 atom stereocenters. The number of fused-ring (bicyclic) bond motifs is 4. The molecule has 0 aliphatic rings. The number of aromatic nitrogens is 5. The molecular weight excluding hydrogens is 442 g/mol. The van der Waals surface area contributed by atoms with Gasteiger partial charge in [-0.3, -0.25) is 9.36 Å². The highest BCUT2D eigenvalue weighted by molar-refractivity contribution is 6.04. The second-order valence-electron chi connectivity index (χ2n) is 8.07. The van der Waals surface area contributed by atoms with E-state index in [-0.39, 0.29) is 5.56 Å². The van der Waals surface area contributed by atoms with Gasteiger partial charge in [-0.05, 0) is 30.3 Å². The second-order valence-corrected chi connectivity index (χ2v) is 8.07. The summed E-state index contributed by atoms with van der Waals surface area (Å²) in [6.45, 7) is 0.419. The molecule has 8 heteroatoms. The zero-order valence-electron chi connectivity index (χ0n) is 19.2. The molecule has 3 aromatic carbocycles. The van der Waals surface area contributed by atoms with E-state index in [0.717, 1.165) is 16.8 Å². The Morgan fingerprint density at radius 3 is 2.20 bits per heavy atom. The number of hydrogen-bond acceptors (Lipinski definition) is 6. The molecule has 3 aromatic heterocycles. The summed E-state index contributed by atoms with van der Waals surface area (Å²) < 4.78 is 14.5. The average molecular weight is 463 g/mol. The molecule has 0 aliphatic carbocycles. The fraction of sp³-hybridized carbons (Fsp3) is 0.111. The smallest absolute Gasteiger partial charge is 0.269 e. The van der Waals surface area contributed by atoms with Crippen LogP contribution in [0.25, 0.3) is 38.9 Å². The molecule has 0 unspecified atom stereocenters. The van der Waals surface area contributed by atoms with Crippen molar-refractivity contribution >= 4 is 33.2 Å². The van der Waals surface area contributed by atoms with Gasteiger partial charge in [-0.2, -0.15) is 0 Å². The maximum atomic E-state index is 13.9. The Hall–Kier alpha value is -4.72. The number of hydrogen-bond donors (Lipinski definition) is 0. The summed E-state index contributed by atoms with van der Waals surface area (Å²) in [6, 6.07) is 22.7. The average Bonchev–Trinajstić information content (AvgIpc) is 3.21. The van der Waals surface area contributed by atoms with Crippen molar-refractivity contribution in [1.29, 1.82) is 0 Å². The fourth-order valence-electron chi connectivity index (χ4n) is 4.46. The van der Waals surface area contributed by atoms with Crippen LogP contribution in [0.1, 0.15) is 5.56 Å². The topological polar surface area (TPSA) is 84.1 Å². The van der Waals surface area contributed by atoms with Gasteiger partial charge in [0.1, 0.15) is 28.7 Å². The third kappa shape index (κ3) is 3.30. The van der Waals surface area contributed by atoms with Crippen LogP contribution < -0.4 is 15.0 Å². The first-order valence-electron chi connectivity index (χ1n) is 11.1. The molecular formula is C27H21N5O3. The van der Waals surface area contributed by atoms with E-state index in [1.54, 1.807) is 14.2 Å². The van der Waals surface area contributed by atoms with Crippen LogP contribution in [-0.4, -0.2) is 38.3 Å². The first-order chi connectivity index (χ1) is 17.2. The summed E-state index contributed by atoms with van der Waals surface area (Å²) in [4.78, 5) is 28.4. The van der Waals surface area contributed by atoms with Gasteiger partial charge in [-0.15, -0.1) is 0 Å². The fourth-order valence-corrected chi connectivity index (χ4v) is 4.46. The van der Waals surface area contributed by atoms with E-state index in [0.29, 0.717) is 45.7 Å². The van der Waals surface area contributed by atoms with Crippen LogP contribution >= 0.6 is 0 Å². The minimum Gasteiger partial charge on any atom is -0.496 e. The van der Waals surface area contributed by atoms with E-state index in [2.05, 4.69) is 0 Å². The van der Waals surface area contributed by atoms with E-state index < -0.39 is 0 Å². The predicted octanol–water partition coefficient (Wildman–Crippen LogP) is 4.35. The predicted molar refractivity (Wildman–Crippen MR) is 135 cm³/mol. The zero-order valence-corrected chi connectivity index (χ0v) is 19.2. The van der Waals surface area contributed by atoms with Crippen molar-refractivity contribution in [2.45, 2.75) is 6.54 Å². The number of para-hydroxylation sites is 5. The number of methoxy groups -OCH3 is 2. The molecule has 0 saturated heterocycles. The summed E-state index contributed by atoms with van der Waals surface area (Å²) in [5.41, 5.74) is 4.37. The zero-order chi connectivity index (χ0) is 23.9. The Labute approximate surface area is 200 Å². The summed E-state index contributed by atoms with van der Waals surface area (Å²) in [5, 5.41) is 0.404. The van der Waals surface area contributed by atoms with Gasteiger partial charge in [0.2, 0.25) is 0 Å². The van der Waals surface area contributed by atoms with Gasteiger partial charge in [0.25, 0.3) is 5.56 Å². The summed E-state index contributed by atoms with van der Waals surface area (Å²) in [7, 11) is 3.22. The van der Waals surface area contributed by atoms with Crippen molar-refractivity contribution in [2.75, 3.05) is 14.2 Å². The highest BCUT2D eigenvalue weighted by Crippen LogP contribution is 2.29. The summed E-state index contributed by atoms with van der Waals surface area (Å²) in [5.74, 6) is 1.32. The lowest BCUT2D eigenvalue weighted by Crippen LogP contribution is -2.19. The highest BCUT2D eigenvalue weighted by atomic mass is 16.5. The Morgan fingerprint density at radius 1 is 0.771 bits per heavy atom. The molecule has 0 spiro atoms. The molecule has 0 amide bonds. The molecule has 35 heavy (non-hydrogen) atoms. The van der Waals surface area contributed by atoms with Gasteiger partial charge >= 0.3 is 0 Å². The van der Waals surface area contributed by atoms with Gasteiger partial charge < -0.3 is 14.0 Å². The Balaban J connectivity index is 1.70. The van der Waals surface area contributed by atoms with Crippen molar-refractivity contribution in [1.82, 2.24) is 24.1 Å². The number of nitrogens with zero attached hydrogens (tertiary/aromatic N) is 5. The van der Waals surface area contributed by atoms with Crippen LogP contribution in [0.4, 0.5) is 0 Å². The molecule has 0 aliphatic heterocycles. The van der Waals surface area contributed by atoms with Crippen LogP contribution in [0.5, 0.6) is 11.5 Å². The van der Waals surface area contributed by atoms with Crippen LogP contribution in [-0.2, 0) is 6.54 Å². The monoisotopic (exact) mass is 463 g/mol. The molecule has 0 bridgehead atoms. The molecule has 3 heterocycles. The Bertz CT molecular complexity index is 1790. The molecule has 172 valence electrons. The summed E-state index contributed by atoms with van der Waals surface area (Å²) >= 11 is 0. The maximum Gasteiger partial charge on any atom is 0.269 e.